The van der Waals surface area contributed by atoms with E-state index in [9.17, 15) is 23.3 Å². The van der Waals surface area contributed by atoms with Gasteiger partial charge in [-0.05, 0) is 39.2 Å². The number of nitro groups is 1. The molecule has 0 saturated carbocycles. The van der Waals surface area contributed by atoms with E-state index in [0.29, 0.717) is 21.9 Å². The van der Waals surface area contributed by atoms with Gasteiger partial charge in [-0.25, -0.2) is 13.4 Å². The van der Waals surface area contributed by atoms with Gasteiger partial charge in [-0.15, -0.1) is 12.4 Å². The van der Waals surface area contributed by atoms with Crippen LogP contribution in [0.4, 0.5) is 10.8 Å². The smallest absolute Gasteiger partial charge is 0.273 e. The molecule has 1 heterocycles. The lowest BCUT2D eigenvalue weighted by molar-refractivity contribution is -0.385. The largest absolute Gasteiger partial charge is 0.308 e. The summed E-state index contributed by atoms with van der Waals surface area (Å²) < 4.78 is 24.9. The number of carbonyl (C=O) groups is 1. The number of anilines is 1. The molecule has 1 aromatic heterocycles. The lowest BCUT2D eigenvalue weighted by atomic mass is 10.1. The minimum Gasteiger partial charge on any atom is -0.308 e. The molecule has 0 aliphatic heterocycles. The van der Waals surface area contributed by atoms with E-state index in [-0.39, 0.29) is 40.7 Å². The van der Waals surface area contributed by atoms with Crippen molar-refractivity contribution in [2.45, 2.75) is 11.8 Å². The molecule has 3 rings (SSSR count). The van der Waals surface area contributed by atoms with Gasteiger partial charge in [0.1, 0.15) is 5.52 Å². The van der Waals surface area contributed by atoms with Crippen molar-refractivity contribution in [1.29, 1.82) is 0 Å². The highest BCUT2D eigenvalue weighted by atomic mass is 35.5. The first-order valence-electron chi connectivity index (χ1n) is 9.31. The van der Waals surface area contributed by atoms with Gasteiger partial charge >= 0.3 is 0 Å². The summed E-state index contributed by atoms with van der Waals surface area (Å²) in [6.07, 6.45) is 1.11. The van der Waals surface area contributed by atoms with Crippen molar-refractivity contribution < 1.29 is 18.1 Å². The molecule has 3 aromatic rings. The lowest BCUT2D eigenvalue weighted by Gasteiger charge is -2.22. The number of hydrogen-bond acceptors (Lipinski definition) is 8. The summed E-state index contributed by atoms with van der Waals surface area (Å²) in [6.45, 7) is 2.34. The summed E-state index contributed by atoms with van der Waals surface area (Å²) in [5.74, 6) is -0.428. The van der Waals surface area contributed by atoms with Crippen molar-refractivity contribution in [3.8, 4) is 0 Å². The van der Waals surface area contributed by atoms with Crippen LogP contribution in [0.25, 0.3) is 10.2 Å². The highest BCUT2D eigenvalue weighted by Gasteiger charge is 2.26. The van der Waals surface area contributed by atoms with Crippen LogP contribution in [0, 0.1) is 17.0 Å². The highest BCUT2D eigenvalue weighted by molar-refractivity contribution is 7.91. The van der Waals surface area contributed by atoms with Crippen molar-refractivity contribution in [1.82, 2.24) is 9.88 Å². The Hall–Kier alpha value is -2.60. The van der Waals surface area contributed by atoms with Crippen molar-refractivity contribution in [3.05, 3.63) is 57.6 Å². The molecular formula is C20H23ClN4O5S2. The zero-order chi connectivity index (χ0) is 22.9. The SMILES string of the molecule is Cc1c(C(=O)N(CCN(C)C)c2nc3c(S(C)(=O)=O)cccc3s2)cccc1[N+](=O)[O-].Cl. The fourth-order valence-corrected chi connectivity index (χ4v) is 5.02. The van der Waals surface area contributed by atoms with Gasteiger partial charge in [0.25, 0.3) is 11.6 Å². The number of para-hydroxylation sites is 1. The van der Waals surface area contributed by atoms with Crippen LogP contribution in [-0.2, 0) is 9.84 Å². The number of amides is 1. The molecule has 0 aliphatic rings. The van der Waals surface area contributed by atoms with Crippen LogP contribution in [-0.4, -0.2) is 62.6 Å². The zero-order valence-electron chi connectivity index (χ0n) is 17.9. The van der Waals surface area contributed by atoms with Crippen LogP contribution in [0.1, 0.15) is 15.9 Å². The number of rotatable bonds is 7. The maximum absolute atomic E-state index is 13.4. The average molecular weight is 499 g/mol. The van der Waals surface area contributed by atoms with E-state index in [4.69, 9.17) is 0 Å². The molecule has 0 aliphatic carbocycles. The topological polar surface area (TPSA) is 114 Å². The number of carbonyl (C=O) groups excluding carboxylic acids is 1. The molecule has 0 saturated heterocycles. The van der Waals surface area contributed by atoms with E-state index >= 15 is 0 Å². The Balaban J connectivity index is 0.00000363. The summed E-state index contributed by atoms with van der Waals surface area (Å²) in [5.41, 5.74) is 0.645. The van der Waals surface area contributed by atoms with Crippen LogP contribution in [0.2, 0.25) is 0 Å². The number of halogens is 1. The monoisotopic (exact) mass is 498 g/mol. The molecule has 9 nitrogen and oxygen atoms in total. The number of aromatic nitrogens is 1. The predicted octanol–water partition coefficient (Wildman–Crippen LogP) is 3.55. The second kappa shape index (κ2) is 9.90. The molecule has 12 heteroatoms. The van der Waals surface area contributed by atoms with Gasteiger partial charge in [0.05, 0.1) is 14.5 Å². The van der Waals surface area contributed by atoms with E-state index in [1.807, 2.05) is 19.0 Å². The standard InChI is InChI=1S/C20H22N4O5S2.ClH/c1-13-14(7-5-8-15(13)24(26)27)19(25)23(12-11-22(2)3)20-21-18-16(30-20)9-6-10-17(18)31(4,28)29;/h5-10H,11-12H2,1-4H3;1H. The number of fused-ring (bicyclic) bond motifs is 1. The number of likely N-dealkylation sites (N-methyl/N-ethyl adjacent to an activating group) is 1. The van der Waals surface area contributed by atoms with E-state index in [0.717, 1.165) is 6.26 Å². The third-order valence-electron chi connectivity index (χ3n) is 4.75. The molecule has 1 amide bonds. The Kier molecular flexibility index (Phi) is 7.94. The van der Waals surface area contributed by atoms with Crippen LogP contribution < -0.4 is 4.90 Å². The van der Waals surface area contributed by atoms with Crippen molar-refractivity contribution in [2.75, 3.05) is 38.3 Å². The molecule has 0 N–H and O–H groups in total. The Bertz CT molecular complexity index is 1270. The van der Waals surface area contributed by atoms with Crippen LogP contribution in [0.3, 0.4) is 0 Å². The normalized spacial score (nSPS) is 11.4. The van der Waals surface area contributed by atoms with Gasteiger partial charge in [-0.1, -0.05) is 23.5 Å². The van der Waals surface area contributed by atoms with E-state index in [1.165, 1.54) is 41.4 Å². The fraction of sp³-hybridized carbons (Fsp3) is 0.300. The molecule has 0 spiro atoms. The fourth-order valence-electron chi connectivity index (χ4n) is 3.11. The predicted molar refractivity (Wildman–Crippen MR) is 128 cm³/mol. The average Bonchev–Trinajstić information content (AvgIpc) is 3.10. The molecule has 0 radical (unpaired) electrons. The number of benzene rings is 2. The van der Waals surface area contributed by atoms with Gasteiger partial charge in [-0.2, -0.15) is 0 Å². The highest BCUT2D eigenvalue weighted by Crippen LogP contribution is 2.34. The molecule has 32 heavy (non-hydrogen) atoms. The van der Waals surface area contributed by atoms with Crippen molar-refractivity contribution in [2.24, 2.45) is 0 Å². The Labute approximate surface area is 196 Å². The second-order valence-corrected chi connectivity index (χ2v) is 10.3. The van der Waals surface area contributed by atoms with Gasteiger partial charge in [0, 0.05) is 36.5 Å². The number of sulfone groups is 1. The van der Waals surface area contributed by atoms with Gasteiger partial charge in [-0.3, -0.25) is 19.8 Å². The molecule has 172 valence electrons. The molecule has 0 atom stereocenters. The van der Waals surface area contributed by atoms with Crippen LogP contribution in [0.15, 0.2) is 41.3 Å². The van der Waals surface area contributed by atoms with E-state index in [1.54, 1.807) is 18.2 Å². The van der Waals surface area contributed by atoms with Crippen LogP contribution >= 0.6 is 23.7 Å². The summed E-state index contributed by atoms with van der Waals surface area (Å²) in [7, 11) is 0.221. The number of hydrogen-bond donors (Lipinski definition) is 0. The van der Waals surface area contributed by atoms with Crippen molar-refractivity contribution >= 4 is 60.5 Å². The minimum absolute atomic E-state index is 0. The van der Waals surface area contributed by atoms with Gasteiger partial charge < -0.3 is 4.90 Å². The van der Waals surface area contributed by atoms with Gasteiger partial charge in [0.15, 0.2) is 15.0 Å². The molecule has 0 unspecified atom stereocenters. The lowest BCUT2D eigenvalue weighted by Crippen LogP contribution is -2.37. The first kappa shape index (κ1) is 25.7. The van der Waals surface area contributed by atoms with Crippen molar-refractivity contribution in [3.63, 3.8) is 0 Å². The summed E-state index contributed by atoms with van der Waals surface area (Å²) in [6, 6.07) is 9.24. The summed E-state index contributed by atoms with van der Waals surface area (Å²) in [5, 5.41) is 11.6. The molecular weight excluding hydrogens is 476 g/mol. The quantitative estimate of drug-likeness (QED) is 0.361. The second-order valence-electron chi connectivity index (χ2n) is 7.34. The third-order valence-corrected chi connectivity index (χ3v) is 6.92. The number of nitrogens with zero attached hydrogens (tertiary/aromatic N) is 4. The molecule has 0 fully saturated rings. The number of nitro benzene ring substituents is 1. The summed E-state index contributed by atoms with van der Waals surface area (Å²) in [4.78, 5) is 32.2. The molecule has 2 aromatic carbocycles. The van der Waals surface area contributed by atoms with Crippen LogP contribution in [0.5, 0.6) is 0 Å². The van der Waals surface area contributed by atoms with Gasteiger partial charge in [0.2, 0.25) is 0 Å². The third kappa shape index (κ3) is 5.23. The Morgan fingerprint density at radius 1 is 1.16 bits per heavy atom. The first-order valence-corrected chi connectivity index (χ1v) is 12.0. The Morgan fingerprint density at radius 2 is 1.81 bits per heavy atom. The summed E-state index contributed by atoms with van der Waals surface area (Å²) >= 11 is 1.20. The zero-order valence-corrected chi connectivity index (χ0v) is 20.4. The Morgan fingerprint density at radius 3 is 2.41 bits per heavy atom. The van der Waals surface area contributed by atoms with E-state index < -0.39 is 20.7 Å². The molecule has 0 bridgehead atoms. The van der Waals surface area contributed by atoms with E-state index in [2.05, 4.69) is 4.98 Å². The first-order chi connectivity index (χ1) is 14.5. The minimum atomic E-state index is -3.50. The maximum atomic E-state index is 13.4. The number of thiazole rings is 1. The maximum Gasteiger partial charge on any atom is 0.273 e.